The van der Waals surface area contributed by atoms with Gasteiger partial charge in [-0.3, -0.25) is 0 Å². The Kier molecular flexibility index (Phi) is 4.99. The molecule has 1 aliphatic heterocycles. The fourth-order valence-electron chi connectivity index (χ4n) is 1.32. The molecule has 2 N–H and O–H groups in total. The van der Waals surface area contributed by atoms with Crippen molar-refractivity contribution in [1.82, 2.24) is 5.32 Å². The summed E-state index contributed by atoms with van der Waals surface area (Å²) in [6.07, 6.45) is 2.90. The molecule has 1 aliphatic rings. The molecule has 0 aliphatic carbocycles. The number of ether oxygens (including phenoxy) is 1. The van der Waals surface area contributed by atoms with Crippen LogP contribution in [-0.4, -0.2) is 30.0 Å². The first-order valence-electron chi connectivity index (χ1n) is 5.34. The van der Waals surface area contributed by atoms with Crippen LogP contribution < -0.4 is 5.32 Å². The number of nitrogens with one attached hydrogen (secondary N) is 1. The number of rotatable bonds is 4. The third-order valence-corrected chi connectivity index (χ3v) is 2.18. The van der Waals surface area contributed by atoms with Gasteiger partial charge in [0.2, 0.25) is 0 Å². The number of cyclic esters (lactones) is 1. The Labute approximate surface area is 90.0 Å². The summed E-state index contributed by atoms with van der Waals surface area (Å²) in [6.45, 7) is 2.39. The van der Waals surface area contributed by atoms with Crippen LogP contribution in [0.4, 0.5) is 4.79 Å². The maximum Gasteiger partial charge on any atom is 0.408 e. The topological polar surface area (TPSA) is 58.6 Å². The summed E-state index contributed by atoms with van der Waals surface area (Å²) in [7, 11) is 0. The Morgan fingerprint density at radius 2 is 2.47 bits per heavy atom. The highest BCUT2D eigenvalue weighted by atomic mass is 16.6. The minimum absolute atomic E-state index is 0.265. The fourth-order valence-corrected chi connectivity index (χ4v) is 1.32. The van der Waals surface area contributed by atoms with E-state index in [9.17, 15) is 9.90 Å². The van der Waals surface area contributed by atoms with Gasteiger partial charge in [0.05, 0.1) is 0 Å². The normalized spacial score (nSPS) is 21.2. The van der Waals surface area contributed by atoms with Crippen LogP contribution in [0.15, 0.2) is 0 Å². The lowest BCUT2D eigenvalue weighted by Crippen LogP contribution is -2.24. The Morgan fingerprint density at radius 3 is 3.07 bits per heavy atom. The smallest absolute Gasteiger partial charge is 0.408 e. The van der Waals surface area contributed by atoms with E-state index in [2.05, 4.69) is 28.8 Å². The Balaban J connectivity index is 2.21. The molecule has 4 heteroatoms. The van der Waals surface area contributed by atoms with E-state index < -0.39 is 12.2 Å². The van der Waals surface area contributed by atoms with Crippen molar-refractivity contribution in [2.24, 2.45) is 0 Å². The third-order valence-electron chi connectivity index (χ3n) is 2.18. The van der Waals surface area contributed by atoms with Crippen LogP contribution in [0.1, 0.15) is 32.6 Å². The van der Waals surface area contributed by atoms with Crippen molar-refractivity contribution in [3.63, 3.8) is 0 Å². The quantitative estimate of drug-likeness (QED) is 0.539. The number of hydrogen-bond acceptors (Lipinski definition) is 3. The standard InChI is InChI=1S/C11H17NO3/c1-2-3-4-5-10(13)7-6-9-8-15-11(14)12-9/h9-10,13H,2-5,8H2,1H3,(H,12,14). The zero-order chi connectivity index (χ0) is 11.1. The lowest BCUT2D eigenvalue weighted by molar-refractivity contribution is 0.177. The second kappa shape index (κ2) is 6.31. The fraction of sp³-hybridized carbons (Fsp3) is 0.727. The van der Waals surface area contributed by atoms with E-state index in [1.165, 1.54) is 0 Å². The molecular formula is C11H17NO3. The average Bonchev–Trinajstić information content (AvgIpc) is 2.62. The van der Waals surface area contributed by atoms with Crippen molar-refractivity contribution < 1.29 is 14.6 Å². The molecule has 4 nitrogen and oxygen atoms in total. The highest BCUT2D eigenvalue weighted by Gasteiger charge is 2.19. The van der Waals surface area contributed by atoms with Gasteiger partial charge in [-0.15, -0.1) is 0 Å². The van der Waals surface area contributed by atoms with E-state index in [1.807, 2.05) is 0 Å². The number of unbranched alkanes of at least 4 members (excludes halogenated alkanes) is 2. The predicted molar refractivity (Wildman–Crippen MR) is 56.2 cm³/mol. The molecule has 0 radical (unpaired) electrons. The molecule has 15 heavy (non-hydrogen) atoms. The van der Waals surface area contributed by atoms with Gasteiger partial charge in [0, 0.05) is 0 Å². The molecule has 1 heterocycles. The SMILES string of the molecule is CCCCCC(O)C#CC1COC(=O)N1. The maximum atomic E-state index is 10.6. The van der Waals surface area contributed by atoms with E-state index in [0.29, 0.717) is 6.42 Å². The summed E-state index contributed by atoms with van der Waals surface area (Å²) in [5, 5.41) is 12.0. The van der Waals surface area contributed by atoms with Crippen molar-refractivity contribution in [3.8, 4) is 11.8 Å². The predicted octanol–water partition coefficient (Wildman–Crippen LogP) is 1.04. The number of aliphatic hydroxyl groups is 1. The molecule has 1 saturated heterocycles. The number of alkyl carbamates (subject to hydrolysis) is 1. The van der Waals surface area contributed by atoms with Crippen molar-refractivity contribution in [2.45, 2.75) is 44.8 Å². The van der Waals surface area contributed by atoms with Crippen LogP contribution >= 0.6 is 0 Å². The van der Waals surface area contributed by atoms with Gasteiger partial charge >= 0.3 is 6.09 Å². The zero-order valence-electron chi connectivity index (χ0n) is 8.95. The van der Waals surface area contributed by atoms with Gasteiger partial charge in [0.15, 0.2) is 0 Å². The molecule has 84 valence electrons. The largest absolute Gasteiger partial charge is 0.446 e. The molecule has 0 bridgehead atoms. The number of amides is 1. The lowest BCUT2D eigenvalue weighted by Gasteiger charge is -2.02. The second-order valence-electron chi connectivity index (χ2n) is 3.60. The van der Waals surface area contributed by atoms with Crippen LogP contribution in [0.3, 0.4) is 0 Å². The van der Waals surface area contributed by atoms with Gasteiger partial charge < -0.3 is 15.2 Å². The van der Waals surface area contributed by atoms with E-state index in [1.54, 1.807) is 0 Å². The monoisotopic (exact) mass is 211 g/mol. The third kappa shape index (κ3) is 4.71. The first-order chi connectivity index (χ1) is 7.22. The van der Waals surface area contributed by atoms with E-state index >= 15 is 0 Å². The Morgan fingerprint density at radius 1 is 1.67 bits per heavy atom. The summed E-state index contributed by atoms with van der Waals surface area (Å²) in [5.74, 6) is 5.50. The summed E-state index contributed by atoms with van der Waals surface area (Å²) < 4.78 is 4.66. The zero-order valence-corrected chi connectivity index (χ0v) is 8.95. The minimum Gasteiger partial charge on any atom is -0.446 e. The summed E-state index contributed by atoms with van der Waals surface area (Å²) in [4.78, 5) is 10.6. The summed E-state index contributed by atoms with van der Waals surface area (Å²) in [6, 6.07) is -0.265. The van der Waals surface area contributed by atoms with Crippen molar-refractivity contribution >= 4 is 6.09 Å². The molecule has 2 atom stereocenters. The van der Waals surface area contributed by atoms with Crippen molar-refractivity contribution in [1.29, 1.82) is 0 Å². The van der Waals surface area contributed by atoms with Gasteiger partial charge in [0.1, 0.15) is 18.8 Å². The molecule has 0 saturated carbocycles. The number of aliphatic hydroxyl groups excluding tert-OH is 1. The van der Waals surface area contributed by atoms with Gasteiger partial charge in [-0.25, -0.2) is 4.79 Å². The summed E-state index contributed by atoms with van der Waals surface area (Å²) >= 11 is 0. The number of carbonyl (C=O) groups is 1. The first kappa shape index (κ1) is 11.9. The molecular weight excluding hydrogens is 194 g/mol. The molecule has 1 amide bonds. The van der Waals surface area contributed by atoms with Crippen molar-refractivity contribution in [3.05, 3.63) is 0 Å². The van der Waals surface area contributed by atoms with Crippen LogP contribution in [0.2, 0.25) is 0 Å². The molecule has 2 unspecified atom stereocenters. The van der Waals surface area contributed by atoms with E-state index in [4.69, 9.17) is 0 Å². The van der Waals surface area contributed by atoms with Crippen LogP contribution in [0.5, 0.6) is 0 Å². The maximum absolute atomic E-state index is 10.6. The highest BCUT2D eigenvalue weighted by Crippen LogP contribution is 2.02. The van der Waals surface area contributed by atoms with Gasteiger partial charge in [-0.2, -0.15) is 0 Å². The summed E-state index contributed by atoms with van der Waals surface area (Å²) in [5.41, 5.74) is 0. The second-order valence-corrected chi connectivity index (χ2v) is 3.60. The van der Waals surface area contributed by atoms with Crippen LogP contribution in [0, 0.1) is 11.8 Å². The van der Waals surface area contributed by atoms with Crippen molar-refractivity contribution in [2.75, 3.05) is 6.61 Å². The van der Waals surface area contributed by atoms with Crippen LogP contribution in [0.25, 0.3) is 0 Å². The molecule has 0 spiro atoms. The average molecular weight is 211 g/mol. The lowest BCUT2D eigenvalue weighted by atomic mass is 10.1. The van der Waals surface area contributed by atoms with E-state index in [0.717, 1.165) is 19.3 Å². The number of carbonyl (C=O) groups excluding carboxylic acids is 1. The first-order valence-corrected chi connectivity index (χ1v) is 5.34. The molecule has 0 aromatic rings. The molecule has 1 fully saturated rings. The van der Waals surface area contributed by atoms with Crippen LogP contribution in [-0.2, 0) is 4.74 Å². The van der Waals surface area contributed by atoms with Gasteiger partial charge in [-0.1, -0.05) is 31.6 Å². The Bertz CT molecular complexity index is 267. The van der Waals surface area contributed by atoms with Gasteiger partial charge in [0.25, 0.3) is 0 Å². The van der Waals surface area contributed by atoms with Gasteiger partial charge in [-0.05, 0) is 12.8 Å². The molecule has 0 aromatic carbocycles. The molecule has 1 rings (SSSR count). The minimum atomic E-state index is -0.589. The highest BCUT2D eigenvalue weighted by molar-refractivity contribution is 5.70. The molecule has 0 aromatic heterocycles. The number of hydrogen-bond donors (Lipinski definition) is 2. The van der Waals surface area contributed by atoms with E-state index in [-0.39, 0.29) is 12.6 Å². The Hall–Kier alpha value is -1.21.